The van der Waals surface area contributed by atoms with E-state index in [1.165, 1.54) is 0 Å². The second-order valence-electron chi connectivity index (χ2n) is 4.13. The summed E-state index contributed by atoms with van der Waals surface area (Å²) in [5.41, 5.74) is 0. The molecule has 0 saturated carbocycles. The van der Waals surface area contributed by atoms with Crippen LogP contribution >= 0.6 is 0 Å². The second-order valence-corrected chi connectivity index (χ2v) is 4.13. The van der Waals surface area contributed by atoms with Gasteiger partial charge >= 0.3 is 18.0 Å². The number of aliphatic carboxylic acids is 2. The van der Waals surface area contributed by atoms with E-state index in [0.717, 1.165) is 4.90 Å². The molecule has 0 bridgehead atoms. The van der Waals surface area contributed by atoms with Crippen LogP contribution in [-0.2, 0) is 9.59 Å². The minimum Gasteiger partial charge on any atom is -0.480 e. The maximum absolute atomic E-state index is 11.6. The molecule has 0 aliphatic rings. The van der Waals surface area contributed by atoms with E-state index in [1.54, 1.807) is 6.92 Å². The Kier molecular flexibility index (Phi) is 6.01. The Morgan fingerprint density at radius 3 is 1.76 bits per heavy atom. The topological polar surface area (TPSA) is 107 Å². The normalized spacial score (nSPS) is 12.0. The van der Waals surface area contributed by atoms with Crippen LogP contribution in [0.4, 0.5) is 4.79 Å². The zero-order chi connectivity index (χ0) is 13.6. The largest absolute Gasteiger partial charge is 0.480 e. The number of amides is 2. The Morgan fingerprint density at radius 2 is 1.47 bits per heavy atom. The highest BCUT2D eigenvalue weighted by Gasteiger charge is 2.21. The van der Waals surface area contributed by atoms with E-state index in [9.17, 15) is 14.4 Å². The van der Waals surface area contributed by atoms with Gasteiger partial charge in [0.15, 0.2) is 0 Å². The molecule has 0 rings (SSSR count). The van der Waals surface area contributed by atoms with E-state index < -0.39 is 31.1 Å². The molecule has 0 aromatic heterocycles. The highest BCUT2D eigenvalue weighted by molar-refractivity contribution is 5.84. The summed E-state index contributed by atoms with van der Waals surface area (Å²) in [6.07, 6.45) is 0. The number of hydrogen-bond donors (Lipinski definition) is 3. The molecule has 1 unspecified atom stereocenters. The number of carbonyl (C=O) groups is 3. The van der Waals surface area contributed by atoms with Crippen LogP contribution in [0, 0.1) is 5.92 Å². The van der Waals surface area contributed by atoms with Crippen molar-refractivity contribution in [3.63, 3.8) is 0 Å². The van der Waals surface area contributed by atoms with Crippen LogP contribution in [0.5, 0.6) is 0 Å². The van der Waals surface area contributed by atoms with Crippen molar-refractivity contribution in [2.45, 2.75) is 26.8 Å². The lowest BCUT2D eigenvalue weighted by atomic mass is 10.1. The van der Waals surface area contributed by atoms with Gasteiger partial charge in [-0.1, -0.05) is 13.8 Å². The summed E-state index contributed by atoms with van der Waals surface area (Å²) in [5, 5.41) is 19.7. The predicted molar refractivity (Wildman–Crippen MR) is 59.7 cm³/mol. The van der Waals surface area contributed by atoms with Crippen molar-refractivity contribution in [2.75, 3.05) is 13.1 Å². The SMILES string of the molecule is CC(C)C(C)NC(=O)N(CC(=O)O)CC(=O)O. The lowest BCUT2D eigenvalue weighted by Crippen LogP contribution is -2.49. The number of nitrogens with one attached hydrogen (secondary N) is 1. The highest BCUT2D eigenvalue weighted by atomic mass is 16.4. The van der Waals surface area contributed by atoms with E-state index in [0.29, 0.717) is 0 Å². The molecular formula is C10H18N2O5. The van der Waals surface area contributed by atoms with E-state index in [1.807, 2.05) is 13.8 Å². The zero-order valence-electron chi connectivity index (χ0n) is 10.1. The molecule has 1 atom stereocenters. The van der Waals surface area contributed by atoms with Crippen molar-refractivity contribution in [1.82, 2.24) is 10.2 Å². The van der Waals surface area contributed by atoms with Crippen LogP contribution in [0.15, 0.2) is 0 Å². The number of urea groups is 1. The molecular weight excluding hydrogens is 228 g/mol. The minimum atomic E-state index is -1.25. The highest BCUT2D eigenvalue weighted by Crippen LogP contribution is 2.01. The van der Waals surface area contributed by atoms with Gasteiger partial charge in [0.25, 0.3) is 0 Å². The molecule has 0 aromatic rings. The average molecular weight is 246 g/mol. The van der Waals surface area contributed by atoms with Crippen LogP contribution in [0.25, 0.3) is 0 Å². The number of carbonyl (C=O) groups excluding carboxylic acids is 1. The summed E-state index contributed by atoms with van der Waals surface area (Å²) in [7, 11) is 0. The quantitative estimate of drug-likeness (QED) is 0.621. The minimum absolute atomic E-state index is 0.160. The fourth-order valence-corrected chi connectivity index (χ4v) is 0.979. The summed E-state index contributed by atoms with van der Waals surface area (Å²) >= 11 is 0. The van der Waals surface area contributed by atoms with Gasteiger partial charge in [0.2, 0.25) is 0 Å². The summed E-state index contributed by atoms with van der Waals surface area (Å²) in [5.74, 6) is -2.33. The van der Waals surface area contributed by atoms with E-state index >= 15 is 0 Å². The number of hydrogen-bond acceptors (Lipinski definition) is 3. The van der Waals surface area contributed by atoms with Crippen molar-refractivity contribution in [1.29, 1.82) is 0 Å². The first-order chi connectivity index (χ1) is 7.73. The van der Waals surface area contributed by atoms with Gasteiger partial charge in [-0.3, -0.25) is 9.59 Å². The smallest absolute Gasteiger partial charge is 0.323 e. The molecule has 0 saturated heterocycles. The van der Waals surface area contributed by atoms with Crippen LogP contribution in [0.3, 0.4) is 0 Å². The van der Waals surface area contributed by atoms with Gasteiger partial charge in [-0.25, -0.2) is 4.79 Å². The molecule has 0 heterocycles. The van der Waals surface area contributed by atoms with Crippen molar-refractivity contribution in [3.05, 3.63) is 0 Å². The first kappa shape index (κ1) is 15.2. The first-order valence-corrected chi connectivity index (χ1v) is 5.23. The molecule has 7 nitrogen and oxygen atoms in total. The van der Waals surface area contributed by atoms with Crippen molar-refractivity contribution >= 4 is 18.0 Å². The molecule has 98 valence electrons. The van der Waals surface area contributed by atoms with Crippen LogP contribution < -0.4 is 5.32 Å². The van der Waals surface area contributed by atoms with Gasteiger partial charge in [0.1, 0.15) is 13.1 Å². The fraction of sp³-hybridized carbons (Fsp3) is 0.700. The van der Waals surface area contributed by atoms with Gasteiger partial charge in [-0.05, 0) is 12.8 Å². The fourth-order valence-electron chi connectivity index (χ4n) is 0.979. The third-order valence-corrected chi connectivity index (χ3v) is 2.29. The molecule has 7 heteroatoms. The van der Waals surface area contributed by atoms with Gasteiger partial charge in [0, 0.05) is 6.04 Å². The molecule has 17 heavy (non-hydrogen) atoms. The van der Waals surface area contributed by atoms with Crippen molar-refractivity contribution in [3.8, 4) is 0 Å². The van der Waals surface area contributed by atoms with Crippen LogP contribution in [0.2, 0.25) is 0 Å². The standard InChI is InChI=1S/C10H18N2O5/c1-6(2)7(3)11-10(17)12(4-8(13)14)5-9(15)16/h6-7H,4-5H2,1-3H3,(H,11,17)(H,13,14)(H,15,16). The predicted octanol–water partition coefficient (Wildman–Crippen LogP) is 0.212. The molecule has 0 aliphatic heterocycles. The molecule has 0 spiro atoms. The maximum atomic E-state index is 11.6. The Morgan fingerprint density at radius 1 is 1.06 bits per heavy atom. The lowest BCUT2D eigenvalue weighted by Gasteiger charge is -2.24. The number of carboxylic acids is 2. The Bertz CT molecular complexity index is 287. The Hall–Kier alpha value is -1.79. The monoisotopic (exact) mass is 246 g/mol. The molecule has 0 radical (unpaired) electrons. The third kappa shape index (κ3) is 6.39. The Labute approximate surface area is 99.4 Å². The summed E-state index contributed by atoms with van der Waals surface area (Å²) in [6.45, 7) is 4.28. The van der Waals surface area contributed by atoms with Gasteiger partial charge in [-0.15, -0.1) is 0 Å². The average Bonchev–Trinajstić information content (AvgIpc) is 2.14. The van der Waals surface area contributed by atoms with Gasteiger partial charge in [-0.2, -0.15) is 0 Å². The molecule has 3 N–H and O–H groups in total. The van der Waals surface area contributed by atoms with Crippen molar-refractivity contribution in [2.24, 2.45) is 5.92 Å². The summed E-state index contributed by atoms with van der Waals surface area (Å²) in [6, 6.07) is -0.844. The van der Waals surface area contributed by atoms with E-state index in [-0.39, 0.29) is 12.0 Å². The van der Waals surface area contributed by atoms with Gasteiger partial charge < -0.3 is 20.4 Å². The maximum Gasteiger partial charge on any atom is 0.323 e. The zero-order valence-corrected chi connectivity index (χ0v) is 10.1. The second kappa shape index (κ2) is 6.72. The molecule has 2 amide bonds. The number of rotatable bonds is 6. The van der Waals surface area contributed by atoms with Crippen LogP contribution in [0.1, 0.15) is 20.8 Å². The van der Waals surface area contributed by atoms with Crippen LogP contribution in [-0.4, -0.2) is 52.2 Å². The molecule has 0 aliphatic carbocycles. The lowest BCUT2D eigenvalue weighted by molar-refractivity contribution is -0.140. The van der Waals surface area contributed by atoms with Gasteiger partial charge in [0.05, 0.1) is 0 Å². The number of carboxylic acid groups (broad SMARTS) is 2. The molecule has 0 aromatic carbocycles. The van der Waals surface area contributed by atoms with E-state index in [2.05, 4.69) is 5.32 Å². The van der Waals surface area contributed by atoms with Crippen molar-refractivity contribution < 1.29 is 24.6 Å². The molecule has 0 fully saturated rings. The Balaban J connectivity index is 4.51. The first-order valence-electron chi connectivity index (χ1n) is 5.23. The number of nitrogens with zero attached hydrogens (tertiary/aromatic N) is 1. The third-order valence-electron chi connectivity index (χ3n) is 2.29. The van der Waals surface area contributed by atoms with E-state index in [4.69, 9.17) is 10.2 Å². The summed E-state index contributed by atoms with van der Waals surface area (Å²) < 4.78 is 0. The summed E-state index contributed by atoms with van der Waals surface area (Å²) in [4.78, 5) is 33.4.